The lowest BCUT2D eigenvalue weighted by molar-refractivity contribution is -0.384. The topological polar surface area (TPSA) is 111 Å². The van der Waals surface area contributed by atoms with Crippen molar-refractivity contribution in [3.63, 3.8) is 0 Å². The molecule has 0 aromatic heterocycles. The molecule has 0 saturated heterocycles. The molecule has 27 heavy (non-hydrogen) atoms. The summed E-state index contributed by atoms with van der Waals surface area (Å²) in [4.78, 5) is 35.1. The first-order chi connectivity index (χ1) is 12.6. The fraction of sp³-hybridized carbons (Fsp3) is 0.556. The summed E-state index contributed by atoms with van der Waals surface area (Å²) in [6, 6.07) is 2.99. The van der Waals surface area contributed by atoms with Gasteiger partial charge in [0.2, 0.25) is 5.91 Å². The molecule has 0 bridgehead atoms. The van der Waals surface area contributed by atoms with E-state index in [9.17, 15) is 19.7 Å². The number of carbonyl (C=O) groups excluding carboxylic acids is 2. The van der Waals surface area contributed by atoms with Gasteiger partial charge in [0.15, 0.2) is 0 Å². The molecule has 0 aliphatic rings. The average Bonchev–Trinajstić information content (AvgIpc) is 2.58. The van der Waals surface area contributed by atoms with Gasteiger partial charge in [0.05, 0.1) is 11.0 Å². The van der Waals surface area contributed by atoms with Crippen molar-refractivity contribution in [2.45, 2.75) is 46.3 Å². The summed E-state index contributed by atoms with van der Waals surface area (Å²) < 4.78 is 5.41. The number of halogens is 1. The van der Waals surface area contributed by atoms with Gasteiger partial charge in [0, 0.05) is 24.8 Å². The van der Waals surface area contributed by atoms with E-state index in [0.29, 0.717) is 19.6 Å². The number of nitrogens with one attached hydrogen (secondary N) is 2. The molecule has 9 heteroatoms. The molecular weight excluding hydrogens is 374 g/mol. The normalized spacial score (nSPS) is 12.1. The third-order valence-electron chi connectivity index (χ3n) is 3.71. The molecule has 0 saturated carbocycles. The standard InChI is InChI=1S/C18H26ClN3O5/c1-11(2)16(18(24)20-8-5-9-27-12(3)4)21-17(23)13-6-7-14(19)15(10-13)22(25)26/h6-7,10-12,16H,5,8-9H2,1-4H3,(H,20,24)(H,21,23)/t16-/m1/s1. The highest BCUT2D eigenvalue weighted by molar-refractivity contribution is 6.32. The number of carbonyl (C=O) groups is 2. The molecule has 1 aromatic carbocycles. The van der Waals surface area contributed by atoms with E-state index in [-0.39, 0.29) is 34.2 Å². The molecule has 0 aliphatic heterocycles. The molecule has 2 N–H and O–H groups in total. The second-order valence-electron chi connectivity index (χ2n) is 6.68. The number of hydrogen-bond acceptors (Lipinski definition) is 5. The number of hydrogen-bond donors (Lipinski definition) is 2. The van der Waals surface area contributed by atoms with Gasteiger partial charge in [-0.15, -0.1) is 0 Å². The largest absolute Gasteiger partial charge is 0.379 e. The van der Waals surface area contributed by atoms with E-state index >= 15 is 0 Å². The first-order valence-corrected chi connectivity index (χ1v) is 9.15. The summed E-state index contributed by atoms with van der Waals surface area (Å²) in [6.07, 6.45) is 0.790. The van der Waals surface area contributed by atoms with Crippen molar-refractivity contribution in [3.8, 4) is 0 Å². The first kappa shape index (κ1) is 22.9. The molecule has 0 aliphatic carbocycles. The maximum atomic E-state index is 12.4. The van der Waals surface area contributed by atoms with Crippen LogP contribution in [0.15, 0.2) is 18.2 Å². The molecule has 0 unspecified atom stereocenters. The highest BCUT2D eigenvalue weighted by Gasteiger charge is 2.25. The number of nitro groups is 1. The van der Waals surface area contributed by atoms with Crippen molar-refractivity contribution in [1.82, 2.24) is 10.6 Å². The lowest BCUT2D eigenvalue weighted by Gasteiger charge is -2.22. The van der Waals surface area contributed by atoms with Crippen LogP contribution in [0.3, 0.4) is 0 Å². The number of nitro benzene ring substituents is 1. The first-order valence-electron chi connectivity index (χ1n) is 8.77. The van der Waals surface area contributed by atoms with Crippen molar-refractivity contribution in [1.29, 1.82) is 0 Å². The number of ether oxygens (including phenoxy) is 1. The second kappa shape index (κ2) is 10.8. The van der Waals surface area contributed by atoms with Crippen LogP contribution < -0.4 is 10.6 Å². The number of nitrogens with zero attached hydrogens (tertiary/aromatic N) is 1. The molecule has 1 rings (SSSR count). The fourth-order valence-electron chi connectivity index (χ4n) is 2.27. The van der Waals surface area contributed by atoms with Crippen molar-refractivity contribution in [3.05, 3.63) is 38.9 Å². The van der Waals surface area contributed by atoms with Crippen LogP contribution in [0.5, 0.6) is 0 Å². The maximum absolute atomic E-state index is 12.4. The Bertz CT molecular complexity index is 679. The maximum Gasteiger partial charge on any atom is 0.288 e. The zero-order valence-corrected chi connectivity index (χ0v) is 16.7. The quantitative estimate of drug-likeness (QED) is 0.357. The Kier molecular flexibility index (Phi) is 9.17. The predicted molar refractivity (Wildman–Crippen MR) is 103 cm³/mol. The van der Waals surface area contributed by atoms with E-state index < -0.39 is 16.9 Å². The third kappa shape index (κ3) is 7.52. The van der Waals surface area contributed by atoms with Crippen LogP contribution >= 0.6 is 11.6 Å². The number of amides is 2. The monoisotopic (exact) mass is 399 g/mol. The summed E-state index contributed by atoms with van der Waals surface area (Å²) in [6.45, 7) is 8.43. The Hall–Kier alpha value is -2.19. The fourth-order valence-corrected chi connectivity index (χ4v) is 2.45. The zero-order chi connectivity index (χ0) is 20.6. The number of rotatable bonds is 10. The highest BCUT2D eigenvalue weighted by atomic mass is 35.5. The van der Waals surface area contributed by atoms with Crippen LogP contribution in [0.2, 0.25) is 5.02 Å². The SMILES string of the molecule is CC(C)OCCCNC(=O)[C@H](NC(=O)c1ccc(Cl)c([N+](=O)[O-])c1)C(C)C. The lowest BCUT2D eigenvalue weighted by atomic mass is 10.0. The Morgan fingerprint density at radius 3 is 2.48 bits per heavy atom. The van der Waals surface area contributed by atoms with Gasteiger partial charge in [-0.05, 0) is 38.3 Å². The van der Waals surface area contributed by atoms with E-state index in [0.717, 1.165) is 6.07 Å². The van der Waals surface area contributed by atoms with Crippen LogP contribution in [0.25, 0.3) is 0 Å². The molecule has 8 nitrogen and oxygen atoms in total. The minimum atomic E-state index is -0.766. The van der Waals surface area contributed by atoms with Crippen LogP contribution in [0, 0.1) is 16.0 Å². The van der Waals surface area contributed by atoms with E-state index in [1.54, 1.807) is 13.8 Å². The molecule has 0 spiro atoms. The van der Waals surface area contributed by atoms with Crippen LogP contribution in [0.1, 0.15) is 44.5 Å². The summed E-state index contributed by atoms with van der Waals surface area (Å²) in [7, 11) is 0. The zero-order valence-electron chi connectivity index (χ0n) is 16.0. The molecule has 0 fully saturated rings. The smallest absolute Gasteiger partial charge is 0.288 e. The van der Waals surface area contributed by atoms with Gasteiger partial charge in [-0.3, -0.25) is 19.7 Å². The van der Waals surface area contributed by atoms with Gasteiger partial charge in [0.25, 0.3) is 11.6 Å². The van der Waals surface area contributed by atoms with Gasteiger partial charge >= 0.3 is 0 Å². The summed E-state index contributed by atoms with van der Waals surface area (Å²) in [5.41, 5.74) is -0.296. The highest BCUT2D eigenvalue weighted by Crippen LogP contribution is 2.25. The second-order valence-corrected chi connectivity index (χ2v) is 7.09. The summed E-state index contributed by atoms with van der Waals surface area (Å²) in [5.74, 6) is -1.05. The Labute approximate surface area is 163 Å². The van der Waals surface area contributed by atoms with Crippen molar-refractivity contribution >= 4 is 29.1 Å². The van der Waals surface area contributed by atoms with Crippen molar-refractivity contribution in [2.75, 3.05) is 13.2 Å². The molecule has 150 valence electrons. The Morgan fingerprint density at radius 2 is 1.93 bits per heavy atom. The van der Waals surface area contributed by atoms with E-state index in [2.05, 4.69) is 10.6 Å². The molecule has 2 amide bonds. The van der Waals surface area contributed by atoms with E-state index in [1.807, 2.05) is 13.8 Å². The Balaban J connectivity index is 2.71. The molecule has 1 atom stereocenters. The summed E-state index contributed by atoms with van der Waals surface area (Å²) in [5, 5.41) is 16.3. The minimum absolute atomic E-state index is 0.0571. The summed E-state index contributed by atoms with van der Waals surface area (Å²) >= 11 is 5.76. The molecule has 1 aromatic rings. The van der Waals surface area contributed by atoms with Gasteiger partial charge in [0.1, 0.15) is 11.1 Å². The Morgan fingerprint density at radius 1 is 1.26 bits per heavy atom. The van der Waals surface area contributed by atoms with Gasteiger partial charge in [-0.25, -0.2) is 0 Å². The molecule has 0 radical (unpaired) electrons. The van der Waals surface area contributed by atoms with Gasteiger partial charge < -0.3 is 15.4 Å². The van der Waals surface area contributed by atoms with Crippen molar-refractivity contribution < 1.29 is 19.2 Å². The third-order valence-corrected chi connectivity index (χ3v) is 4.03. The van der Waals surface area contributed by atoms with Crippen molar-refractivity contribution in [2.24, 2.45) is 5.92 Å². The predicted octanol–water partition coefficient (Wildman–Crippen LogP) is 2.93. The minimum Gasteiger partial charge on any atom is -0.379 e. The lowest BCUT2D eigenvalue weighted by Crippen LogP contribution is -2.50. The molecule has 0 heterocycles. The number of benzene rings is 1. The van der Waals surface area contributed by atoms with Gasteiger partial charge in [-0.2, -0.15) is 0 Å². The van der Waals surface area contributed by atoms with E-state index in [1.165, 1.54) is 12.1 Å². The van der Waals surface area contributed by atoms with E-state index in [4.69, 9.17) is 16.3 Å². The molecular formula is C18H26ClN3O5. The average molecular weight is 400 g/mol. The van der Waals surface area contributed by atoms with Crippen LogP contribution in [-0.4, -0.2) is 42.0 Å². The van der Waals surface area contributed by atoms with Crippen LogP contribution in [0.4, 0.5) is 5.69 Å². The van der Waals surface area contributed by atoms with Gasteiger partial charge in [-0.1, -0.05) is 25.4 Å². The van der Waals surface area contributed by atoms with Crippen LogP contribution in [-0.2, 0) is 9.53 Å².